The number of aromatic amines is 1. The molecule has 3 atom stereocenters. The summed E-state index contributed by atoms with van der Waals surface area (Å²) in [5.74, 6) is -0.379. The van der Waals surface area contributed by atoms with E-state index in [9.17, 15) is 9.59 Å². The number of anilines is 1. The molecule has 1 aliphatic heterocycles. The topological polar surface area (TPSA) is 113 Å². The van der Waals surface area contributed by atoms with E-state index in [0.717, 1.165) is 0 Å². The van der Waals surface area contributed by atoms with E-state index in [0.29, 0.717) is 24.5 Å². The van der Waals surface area contributed by atoms with Gasteiger partial charge < -0.3 is 19.9 Å². The molecule has 1 aromatic carbocycles. The fourth-order valence-corrected chi connectivity index (χ4v) is 4.41. The van der Waals surface area contributed by atoms with Gasteiger partial charge in [-0.25, -0.2) is 19.3 Å². The number of nitrogens with zero attached hydrogens (tertiary/aromatic N) is 4. The second-order valence-corrected chi connectivity index (χ2v) is 8.67. The van der Waals surface area contributed by atoms with Crippen LogP contribution in [0.3, 0.4) is 0 Å². The number of aromatic nitrogens is 4. The summed E-state index contributed by atoms with van der Waals surface area (Å²) in [6, 6.07) is 0.799. The van der Waals surface area contributed by atoms with E-state index in [1.165, 1.54) is 18.5 Å². The van der Waals surface area contributed by atoms with Crippen molar-refractivity contribution in [3.8, 4) is 0 Å². The predicted octanol–water partition coefficient (Wildman–Crippen LogP) is 3.24. The number of carbonyl (C=O) groups is 1. The van der Waals surface area contributed by atoms with Gasteiger partial charge in [-0.15, -0.1) is 0 Å². The molecule has 33 heavy (non-hydrogen) atoms. The maximum atomic E-state index is 15.2. The maximum Gasteiger partial charge on any atom is 0.261 e. The molecule has 1 fully saturated rings. The molecule has 3 aromatic rings. The summed E-state index contributed by atoms with van der Waals surface area (Å²) in [7, 11) is 0. The number of nitrogens with one attached hydrogen (secondary N) is 2. The minimum Gasteiger partial charge on any atom is -0.372 e. The molecule has 2 N–H and O–H groups in total. The first kappa shape index (κ1) is 23.1. The minimum atomic E-state index is -0.756. The number of aryl methyl sites for hydroxylation is 1. The van der Waals surface area contributed by atoms with Crippen LogP contribution in [0.2, 0.25) is 5.02 Å². The fourth-order valence-electron chi connectivity index (χ4n) is 4.06. The van der Waals surface area contributed by atoms with E-state index >= 15 is 4.39 Å². The first-order valence-electron chi connectivity index (χ1n) is 10.6. The van der Waals surface area contributed by atoms with Gasteiger partial charge in [-0.05, 0) is 33.8 Å². The molecule has 4 rings (SSSR count). The Labute approximate surface area is 194 Å². The van der Waals surface area contributed by atoms with E-state index < -0.39 is 17.4 Å². The van der Waals surface area contributed by atoms with Crippen LogP contribution in [0.4, 0.5) is 10.3 Å². The Bertz CT molecular complexity index is 1260. The number of halogens is 2. The third kappa shape index (κ3) is 4.67. The highest BCUT2D eigenvalue weighted by Crippen LogP contribution is 2.31. The van der Waals surface area contributed by atoms with Crippen LogP contribution in [-0.2, 0) is 4.74 Å². The van der Waals surface area contributed by atoms with Crippen LogP contribution >= 0.6 is 11.6 Å². The summed E-state index contributed by atoms with van der Waals surface area (Å²) < 4.78 is 20.9. The maximum absolute atomic E-state index is 15.2. The number of rotatable bonds is 4. The SMILES string of the molecule is Cc1nc2cc(Cl)c(C(C)Nc3ncc(C(=O)N4CC(C)OC(C)C4)cn3)c(F)c2c(=O)[nH]1. The van der Waals surface area contributed by atoms with Crippen molar-refractivity contribution in [1.29, 1.82) is 0 Å². The number of H-pyrrole nitrogens is 1. The van der Waals surface area contributed by atoms with Crippen LogP contribution in [0.5, 0.6) is 0 Å². The van der Waals surface area contributed by atoms with Crippen molar-refractivity contribution in [2.75, 3.05) is 18.4 Å². The molecule has 1 amide bonds. The normalized spacial score (nSPS) is 19.5. The van der Waals surface area contributed by atoms with Crippen LogP contribution in [-0.4, -0.2) is 56.0 Å². The largest absolute Gasteiger partial charge is 0.372 e. The zero-order valence-electron chi connectivity index (χ0n) is 18.6. The lowest BCUT2D eigenvalue weighted by Crippen LogP contribution is -2.48. The Kier molecular flexibility index (Phi) is 6.31. The van der Waals surface area contributed by atoms with Gasteiger partial charge >= 0.3 is 0 Å². The van der Waals surface area contributed by atoms with E-state index in [2.05, 4.69) is 25.3 Å². The van der Waals surface area contributed by atoms with E-state index in [-0.39, 0.29) is 45.6 Å². The summed E-state index contributed by atoms with van der Waals surface area (Å²) in [4.78, 5) is 41.8. The molecule has 9 nitrogen and oxygen atoms in total. The van der Waals surface area contributed by atoms with Gasteiger partial charge in [0.2, 0.25) is 5.95 Å². The summed E-state index contributed by atoms with van der Waals surface area (Å²) in [5.41, 5.74) is 0.0457. The number of carbonyl (C=O) groups excluding carboxylic acids is 1. The molecule has 1 saturated heterocycles. The number of amides is 1. The van der Waals surface area contributed by atoms with Crippen LogP contribution in [0, 0.1) is 12.7 Å². The Morgan fingerprint density at radius 3 is 2.58 bits per heavy atom. The third-order valence-corrected chi connectivity index (χ3v) is 5.74. The molecule has 0 radical (unpaired) electrons. The number of morpholine rings is 1. The van der Waals surface area contributed by atoms with Crippen LogP contribution in [0.1, 0.15) is 48.6 Å². The van der Waals surface area contributed by atoms with Gasteiger partial charge in [-0.1, -0.05) is 11.6 Å². The lowest BCUT2D eigenvalue weighted by Gasteiger charge is -2.35. The molecule has 0 spiro atoms. The first-order chi connectivity index (χ1) is 15.6. The lowest BCUT2D eigenvalue weighted by atomic mass is 10.0. The van der Waals surface area contributed by atoms with Crippen LogP contribution < -0.4 is 10.9 Å². The first-order valence-corrected chi connectivity index (χ1v) is 10.9. The van der Waals surface area contributed by atoms with Crippen molar-refractivity contribution in [1.82, 2.24) is 24.8 Å². The summed E-state index contributed by atoms with van der Waals surface area (Å²) in [5, 5.41) is 2.93. The minimum absolute atomic E-state index is 0.0478. The average molecular weight is 475 g/mol. The highest BCUT2D eigenvalue weighted by Gasteiger charge is 2.27. The van der Waals surface area contributed by atoms with Crippen molar-refractivity contribution < 1.29 is 13.9 Å². The van der Waals surface area contributed by atoms with Gasteiger partial charge in [-0.2, -0.15) is 0 Å². The smallest absolute Gasteiger partial charge is 0.261 e. The molecule has 0 bridgehead atoms. The summed E-state index contributed by atoms with van der Waals surface area (Å²) >= 11 is 6.32. The van der Waals surface area contributed by atoms with Gasteiger partial charge in [0.25, 0.3) is 11.5 Å². The Balaban J connectivity index is 1.55. The van der Waals surface area contributed by atoms with Crippen molar-refractivity contribution in [2.24, 2.45) is 0 Å². The van der Waals surface area contributed by atoms with Gasteiger partial charge in [0.15, 0.2) is 0 Å². The molecular formula is C22H24ClFN6O3. The van der Waals surface area contributed by atoms with E-state index in [1.54, 1.807) is 18.7 Å². The zero-order valence-corrected chi connectivity index (χ0v) is 19.4. The lowest BCUT2D eigenvalue weighted by molar-refractivity contribution is -0.0586. The third-order valence-electron chi connectivity index (χ3n) is 5.43. The molecule has 1 aliphatic rings. The van der Waals surface area contributed by atoms with Crippen molar-refractivity contribution in [3.05, 3.63) is 56.6 Å². The zero-order chi connectivity index (χ0) is 23.9. The molecule has 3 unspecified atom stereocenters. The highest BCUT2D eigenvalue weighted by molar-refractivity contribution is 6.32. The number of fused-ring (bicyclic) bond motifs is 1. The molecule has 2 aromatic heterocycles. The van der Waals surface area contributed by atoms with Gasteiger partial charge in [0.05, 0.1) is 34.4 Å². The number of hydrogen-bond acceptors (Lipinski definition) is 7. The second kappa shape index (κ2) is 9.03. The Morgan fingerprint density at radius 1 is 1.30 bits per heavy atom. The summed E-state index contributed by atoms with van der Waals surface area (Å²) in [6.07, 6.45) is 2.75. The van der Waals surface area contributed by atoms with Crippen LogP contribution in [0.15, 0.2) is 23.3 Å². The van der Waals surface area contributed by atoms with Crippen molar-refractivity contribution in [3.63, 3.8) is 0 Å². The van der Waals surface area contributed by atoms with E-state index in [4.69, 9.17) is 16.3 Å². The molecule has 11 heteroatoms. The fraction of sp³-hybridized carbons (Fsp3) is 0.409. The van der Waals surface area contributed by atoms with Crippen molar-refractivity contribution >= 4 is 34.4 Å². The monoisotopic (exact) mass is 474 g/mol. The second-order valence-electron chi connectivity index (χ2n) is 8.26. The van der Waals surface area contributed by atoms with Crippen molar-refractivity contribution in [2.45, 2.75) is 45.9 Å². The Morgan fingerprint density at radius 2 is 1.94 bits per heavy atom. The molecule has 0 aliphatic carbocycles. The number of benzene rings is 1. The highest BCUT2D eigenvalue weighted by atomic mass is 35.5. The van der Waals surface area contributed by atoms with Gasteiger partial charge in [0, 0.05) is 31.0 Å². The average Bonchev–Trinajstić information content (AvgIpc) is 2.72. The molecular weight excluding hydrogens is 451 g/mol. The van der Waals surface area contributed by atoms with E-state index in [1.807, 2.05) is 13.8 Å². The van der Waals surface area contributed by atoms with Crippen LogP contribution in [0.25, 0.3) is 10.9 Å². The van der Waals surface area contributed by atoms with Gasteiger partial charge in [-0.3, -0.25) is 9.59 Å². The number of ether oxygens (including phenoxy) is 1. The molecule has 0 saturated carbocycles. The van der Waals surface area contributed by atoms with Gasteiger partial charge in [0.1, 0.15) is 17.0 Å². The predicted molar refractivity (Wildman–Crippen MR) is 122 cm³/mol. The molecule has 3 heterocycles. The summed E-state index contributed by atoms with van der Waals surface area (Å²) in [6.45, 7) is 8.11. The molecule has 174 valence electrons. The quantitative estimate of drug-likeness (QED) is 0.596. The number of hydrogen-bond donors (Lipinski definition) is 2. The Hall–Kier alpha value is -3.11. The standard InChI is InChI=1S/C22H24ClFN6O3/c1-10-8-30(9-11(2)33-10)21(32)14-6-25-22(26-7-14)27-12(3)17-15(23)5-16-18(19(17)24)20(31)29-13(4)28-16/h5-7,10-12H,8-9H2,1-4H3,(H,25,26,27)(H,28,29,31).